The second-order valence-electron chi connectivity index (χ2n) is 4.22. The van der Waals surface area contributed by atoms with Crippen molar-refractivity contribution >= 4 is 5.82 Å². The largest absolute Gasteiger partial charge is 0.368 e. The van der Waals surface area contributed by atoms with Crippen molar-refractivity contribution < 1.29 is 0 Å². The van der Waals surface area contributed by atoms with E-state index in [0.29, 0.717) is 11.6 Å². The van der Waals surface area contributed by atoms with Crippen LogP contribution < -0.4 is 10.6 Å². The third kappa shape index (κ3) is 2.02. The molecule has 5 nitrogen and oxygen atoms in total. The lowest BCUT2D eigenvalue weighted by molar-refractivity contribution is 0.628. The Bertz CT molecular complexity index is 409. The predicted octanol–water partition coefficient (Wildman–Crippen LogP) is 0.764. The highest BCUT2D eigenvalue weighted by Crippen LogP contribution is 2.17. The molecule has 1 saturated heterocycles. The second-order valence-corrected chi connectivity index (χ2v) is 4.22. The van der Waals surface area contributed by atoms with Crippen LogP contribution in [0, 0.1) is 18.3 Å². The highest BCUT2D eigenvalue weighted by molar-refractivity contribution is 5.55. The van der Waals surface area contributed by atoms with Gasteiger partial charge in [0, 0.05) is 19.6 Å². The van der Waals surface area contributed by atoms with Gasteiger partial charge in [-0.3, -0.25) is 4.68 Å². The van der Waals surface area contributed by atoms with Crippen LogP contribution in [0.2, 0.25) is 0 Å². The van der Waals surface area contributed by atoms with E-state index >= 15 is 0 Å². The maximum absolute atomic E-state index is 9.05. The van der Waals surface area contributed by atoms with Gasteiger partial charge >= 0.3 is 0 Å². The maximum atomic E-state index is 9.05. The summed E-state index contributed by atoms with van der Waals surface area (Å²) in [6, 6.07) is 2.71. The van der Waals surface area contributed by atoms with Gasteiger partial charge in [-0.25, -0.2) is 0 Å². The molecular formula is C11H17N5. The molecule has 1 unspecified atom stereocenters. The zero-order valence-electron chi connectivity index (χ0n) is 9.75. The fourth-order valence-corrected chi connectivity index (χ4v) is 2.15. The summed E-state index contributed by atoms with van der Waals surface area (Å²) < 4.78 is 1.74. The quantitative estimate of drug-likeness (QED) is 0.788. The lowest BCUT2D eigenvalue weighted by Crippen LogP contribution is -2.30. The molecule has 1 aromatic heterocycles. The first-order valence-electron chi connectivity index (χ1n) is 5.63. The number of rotatable bonds is 3. The summed E-state index contributed by atoms with van der Waals surface area (Å²) in [7, 11) is 1.86. The zero-order valence-corrected chi connectivity index (χ0v) is 9.75. The van der Waals surface area contributed by atoms with Gasteiger partial charge in [0.15, 0.2) is 0 Å². The summed E-state index contributed by atoms with van der Waals surface area (Å²) in [5.74, 6) is 0.828. The van der Waals surface area contributed by atoms with Gasteiger partial charge in [-0.05, 0) is 26.3 Å². The highest BCUT2D eigenvalue weighted by atomic mass is 15.3. The monoisotopic (exact) mass is 219 g/mol. The van der Waals surface area contributed by atoms with E-state index in [0.717, 1.165) is 24.6 Å². The van der Waals surface area contributed by atoms with Crippen molar-refractivity contribution in [2.75, 3.05) is 18.4 Å². The normalized spacial score (nSPS) is 19.7. The van der Waals surface area contributed by atoms with Crippen LogP contribution in [0.4, 0.5) is 5.82 Å². The van der Waals surface area contributed by atoms with Crippen LogP contribution in [0.3, 0.4) is 0 Å². The fourth-order valence-electron chi connectivity index (χ4n) is 2.15. The average Bonchev–Trinajstić information content (AvgIpc) is 2.83. The smallest absolute Gasteiger partial charge is 0.142 e. The Hall–Kier alpha value is -1.54. The van der Waals surface area contributed by atoms with Gasteiger partial charge in [-0.1, -0.05) is 0 Å². The van der Waals surface area contributed by atoms with Crippen LogP contribution in [-0.2, 0) is 7.05 Å². The molecule has 5 heteroatoms. The minimum absolute atomic E-state index is 0.516. The van der Waals surface area contributed by atoms with E-state index in [1.54, 1.807) is 4.68 Å². The van der Waals surface area contributed by atoms with Crippen molar-refractivity contribution in [2.45, 2.75) is 25.8 Å². The Balaban J connectivity index is 2.06. The van der Waals surface area contributed by atoms with Crippen molar-refractivity contribution in [3.63, 3.8) is 0 Å². The lowest BCUT2D eigenvalue weighted by atomic mass is 10.2. The van der Waals surface area contributed by atoms with Crippen LogP contribution in [0.15, 0.2) is 0 Å². The molecule has 2 heterocycles. The third-order valence-corrected chi connectivity index (χ3v) is 3.01. The van der Waals surface area contributed by atoms with E-state index in [4.69, 9.17) is 5.26 Å². The maximum Gasteiger partial charge on any atom is 0.142 e. The average molecular weight is 219 g/mol. The van der Waals surface area contributed by atoms with Crippen molar-refractivity contribution in [1.29, 1.82) is 5.26 Å². The van der Waals surface area contributed by atoms with Crippen LogP contribution in [-0.4, -0.2) is 28.9 Å². The fraction of sp³-hybridized carbons (Fsp3) is 0.636. The van der Waals surface area contributed by atoms with Crippen molar-refractivity contribution in [3.05, 3.63) is 11.3 Å². The molecule has 1 fully saturated rings. The van der Waals surface area contributed by atoms with Gasteiger partial charge in [0.2, 0.25) is 0 Å². The molecule has 1 atom stereocenters. The summed E-state index contributed by atoms with van der Waals surface area (Å²) >= 11 is 0. The molecule has 0 aliphatic carbocycles. The van der Waals surface area contributed by atoms with Gasteiger partial charge in [0.1, 0.15) is 17.5 Å². The molecule has 86 valence electrons. The number of hydrogen-bond acceptors (Lipinski definition) is 4. The molecule has 1 aromatic rings. The Kier molecular flexibility index (Phi) is 3.11. The van der Waals surface area contributed by atoms with Gasteiger partial charge < -0.3 is 10.6 Å². The predicted molar refractivity (Wildman–Crippen MR) is 62.2 cm³/mol. The minimum atomic E-state index is 0.516. The minimum Gasteiger partial charge on any atom is -0.368 e. The zero-order chi connectivity index (χ0) is 11.5. The number of nitrogens with zero attached hydrogens (tertiary/aromatic N) is 3. The number of aryl methyl sites for hydroxylation is 2. The molecule has 0 saturated carbocycles. The van der Waals surface area contributed by atoms with E-state index in [9.17, 15) is 0 Å². The first kappa shape index (κ1) is 11.0. The first-order valence-corrected chi connectivity index (χ1v) is 5.63. The van der Waals surface area contributed by atoms with E-state index in [1.165, 1.54) is 12.8 Å². The molecule has 0 radical (unpaired) electrons. The molecule has 1 aliphatic heterocycles. The molecule has 16 heavy (non-hydrogen) atoms. The Labute approximate surface area is 95.4 Å². The Morgan fingerprint density at radius 1 is 1.69 bits per heavy atom. The van der Waals surface area contributed by atoms with Crippen LogP contribution in [0.1, 0.15) is 24.1 Å². The first-order chi connectivity index (χ1) is 7.72. The van der Waals surface area contributed by atoms with Gasteiger partial charge in [0.05, 0.1) is 5.69 Å². The van der Waals surface area contributed by atoms with E-state index in [-0.39, 0.29) is 0 Å². The summed E-state index contributed by atoms with van der Waals surface area (Å²) in [4.78, 5) is 0. The van der Waals surface area contributed by atoms with E-state index in [2.05, 4.69) is 21.8 Å². The van der Waals surface area contributed by atoms with Crippen LogP contribution >= 0.6 is 0 Å². The number of hydrogen-bond donors (Lipinski definition) is 2. The number of nitriles is 1. The van der Waals surface area contributed by atoms with Gasteiger partial charge in [0.25, 0.3) is 0 Å². The Morgan fingerprint density at radius 3 is 3.12 bits per heavy atom. The molecule has 2 N–H and O–H groups in total. The third-order valence-electron chi connectivity index (χ3n) is 3.01. The van der Waals surface area contributed by atoms with Crippen molar-refractivity contribution in [1.82, 2.24) is 15.1 Å². The molecule has 2 rings (SSSR count). The van der Waals surface area contributed by atoms with E-state index in [1.807, 2.05) is 14.0 Å². The molecule has 1 aliphatic rings. The molecular weight excluding hydrogens is 202 g/mol. The van der Waals surface area contributed by atoms with E-state index < -0.39 is 0 Å². The number of nitrogens with one attached hydrogen (secondary N) is 2. The topological polar surface area (TPSA) is 65.7 Å². The van der Waals surface area contributed by atoms with Gasteiger partial charge in [-0.15, -0.1) is 0 Å². The summed E-state index contributed by atoms with van der Waals surface area (Å²) in [6.45, 7) is 3.81. The molecule has 0 aromatic carbocycles. The van der Waals surface area contributed by atoms with Crippen molar-refractivity contribution in [3.8, 4) is 6.07 Å². The Morgan fingerprint density at radius 2 is 2.50 bits per heavy atom. The molecule has 0 spiro atoms. The standard InChI is InChI=1S/C11H17N5/c1-8-10(6-12)11(16(2)15-8)14-7-9-4-3-5-13-9/h9,13-14H,3-5,7H2,1-2H3. The summed E-state index contributed by atoms with van der Waals surface area (Å²) in [6.07, 6.45) is 2.44. The summed E-state index contributed by atoms with van der Waals surface area (Å²) in [5.41, 5.74) is 1.44. The molecule has 0 amide bonds. The highest BCUT2D eigenvalue weighted by Gasteiger charge is 2.17. The van der Waals surface area contributed by atoms with Crippen LogP contribution in [0.5, 0.6) is 0 Å². The van der Waals surface area contributed by atoms with Gasteiger partial charge in [-0.2, -0.15) is 10.4 Å². The lowest BCUT2D eigenvalue weighted by Gasteiger charge is -2.12. The number of anilines is 1. The van der Waals surface area contributed by atoms with Crippen molar-refractivity contribution in [2.24, 2.45) is 7.05 Å². The summed E-state index contributed by atoms with van der Waals surface area (Å²) in [5, 5.41) is 20.0. The second kappa shape index (κ2) is 4.54. The number of aromatic nitrogens is 2. The SMILES string of the molecule is Cc1nn(C)c(NCC2CCCN2)c1C#N. The molecule has 0 bridgehead atoms. The van der Waals surface area contributed by atoms with Crippen LogP contribution in [0.25, 0.3) is 0 Å².